The maximum absolute atomic E-state index is 2.23. The van der Waals surface area contributed by atoms with Gasteiger partial charge in [0, 0.05) is 0 Å². The number of allylic oxidation sites excluding steroid dienone is 4. The van der Waals surface area contributed by atoms with Crippen molar-refractivity contribution >= 4 is 22.0 Å². The zero-order chi connectivity index (χ0) is 9.78. The fourth-order valence-electron chi connectivity index (χ4n) is 1.23. The summed E-state index contributed by atoms with van der Waals surface area (Å²) in [6, 6.07) is 0. The second kappa shape index (κ2) is 11.7. The molecule has 0 amide bonds. The minimum absolute atomic E-state index is 1.27. The predicted molar refractivity (Wildman–Crippen MR) is 70.1 cm³/mol. The average Bonchev–Trinajstić information content (AvgIpc) is 2.05. The van der Waals surface area contributed by atoms with E-state index < -0.39 is 0 Å². The van der Waals surface area contributed by atoms with Crippen LogP contribution < -0.4 is 0 Å². The summed E-state index contributed by atoms with van der Waals surface area (Å²) in [5.74, 6) is 0. The van der Waals surface area contributed by atoms with Gasteiger partial charge in [-0.2, -0.15) is 0 Å². The van der Waals surface area contributed by atoms with E-state index >= 15 is 0 Å². The van der Waals surface area contributed by atoms with Crippen LogP contribution in [0.5, 0.6) is 0 Å². The van der Waals surface area contributed by atoms with Crippen LogP contribution in [-0.4, -0.2) is 22.0 Å². The molecular weight excluding hydrogens is 153 g/mol. The third-order valence-electron chi connectivity index (χ3n) is 2.08. The molecule has 0 aromatic carbocycles. The topological polar surface area (TPSA) is 0 Å². The molecule has 0 aliphatic heterocycles. The fourth-order valence-corrected chi connectivity index (χ4v) is 1.23. The Balaban J connectivity index is 0.000000252. The Labute approximate surface area is 85.7 Å². The molecule has 0 unspecified atom stereocenters. The molecule has 0 atom stereocenters. The van der Waals surface area contributed by atoms with Gasteiger partial charge in [-0.1, -0.05) is 37.5 Å². The van der Waals surface area contributed by atoms with Crippen molar-refractivity contribution in [3.63, 3.8) is 0 Å². The largest absolute Gasteiger partial charge is 0.0881 e. The van der Waals surface area contributed by atoms with Gasteiger partial charge in [0.05, 0.1) is 22.0 Å². The van der Waals surface area contributed by atoms with Gasteiger partial charge >= 0.3 is 0 Å². The Morgan fingerprint density at radius 3 is 2.00 bits per heavy atom. The molecule has 0 radical (unpaired) electrons. The Bertz CT molecular complexity index is 125. The van der Waals surface area contributed by atoms with Gasteiger partial charge in [0.1, 0.15) is 0 Å². The maximum Gasteiger partial charge on any atom is 0.0776 e. The normalized spacial score (nSPS) is 14.8. The molecule has 70 valence electrons. The van der Waals surface area contributed by atoms with Gasteiger partial charge in [-0.25, -0.2) is 0 Å². The van der Waals surface area contributed by atoms with Crippen molar-refractivity contribution < 1.29 is 0 Å². The van der Waals surface area contributed by atoms with Crippen molar-refractivity contribution in [1.82, 2.24) is 0 Å². The van der Waals surface area contributed by atoms with Crippen LogP contribution in [0, 0.1) is 0 Å². The smallest absolute Gasteiger partial charge is 0.0776 e. The summed E-state index contributed by atoms with van der Waals surface area (Å²) in [5.41, 5.74) is 0. The first kappa shape index (κ1) is 12.7. The van der Waals surface area contributed by atoms with Crippen LogP contribution in [0.15, 0.2) is 24.3 Å². The molecule has 13 heavy (non-hydrogen) atoms. The summed E-state index contributed by atoms with van der Waals surface area (Å²) in [5, 5.41) is 0. The summed E-state index contributed by atoms with van der Waals surface area (Å²) in [4.78, 5) is 0. The van der Waals surface area contributed by atoms with E-state index in [1.54, 1.807) is 0 Å². The highest BCUT2D eigenvalue weighted by molar-refractivity contribution is 7.23. The Kier molecular flexibility index (Phi) is 11.4. The molecule has 0 N–H and O–H groups in total. The highest BCUT2D eigenvalue weighted by atomic mass is 13.9. The van der Waals surface area contributed by atoms with E-state index in [1.165, 1.54) is 46.2 Å². The first-order chi connectivity index (χ1) is 6.41. The number of hydrogen-bond donors (Lipinski definition) is 0. The van der Waals surface area contributed by atoms with Crippen molar-refractivity contribution in [1.29, 1.82) is 0 Å². The molecule has 3 heteroatoms. The molecular formula is C10H21B3. The minimum atomic E-state index is 1.27. The SMILES string of the molecule is BBBCC.C1=CCCCCC=C1. The van der Waals surface area contributed by atoms with Crippen molar-refractivity contribution in [3.05, 3.63) is 24.3 Å². The highest BCUT2D eigenvalue weighted by Gasteiger charge is 1.84. The zero-order valence-corrected chi connectivity index (χ0v) is 9.26. The standard InChI is InChI=1S/C8H12.C2H9B3/c1-2-4-6-8-7-5-3-1;1-2-4-5-3/h1-4H,5-8H2;4-5H,2-3H2,1H3. The third-order valence-corrected chi connectivity index (χ3v) is 2.08. The molecule has 0 fully saturated rings. The molecule has 1 aliphatic rings. The Morgan fingerprint density at radius 2 is 1.69 bits per heavy atom. The lowest BCUT2D eigenvalue weighted by atomic mass is 9.27. The van der Waals surface area contributed by atoms with Crippen molar-refractivity contribution in [2.24, 2.45) is 0 Å². The van der Waals surface area contributed by atoms with Crippen LogP contribution >= 0.6 is 0 Å². The molecule has 0 bridgehead atoms. The van der Waals surface area contributed by atoms with E-state index in [2.05, 4.69) is 39.0 Å². The molecule has 0 nitrogen and oxygen atoms in total. The molecule has 0 heterocycles. The van der Waals surface area contributed by atoms with Crippen LogP contribution in [0.1, 0.15) is 32.6 Å². The van der Waals surface area contributed by atoms with Crippen LogP contribution in [0.2, 0.25) is 6.32 Å². The number of hydrogen-bond acceptors (Lipinski definition) is 0. The fraction of sp³-hybridized carbons (Fsp3) is 0.600. The first-order valence-corrected chi connectivity index (χ1v) is 5.73. The van der Waals surface area contributed by atoms with E-state index in [1.807, 2.05) is 0 Å². The van der Waals surface area contributed by atoms with Crippen molar-refractivity contribution in [2.75, 3.05) is 0 Å². The van der Waals surface area contributed by atoms with Gasteiger partial charge in [0.25, 0.3) is 0 Å². The summed E-state index contributed by atoms with van der Waals surface area (Å²) < 4.78 is 0. The molecule has 0 aromatic rings. The second-order valence-electron chi connectivity index (χ2n) is 3.49. The van der Waals surface area contributed by atoms with Gasteiger partial charge in [-0.3, -0.25) is 0 Å². The maximum atomic E-state index is 2.23. The van der Waals surface area contributed by atoms with E-state index in [0.29, 0.717) is 0 Å². The summed E-state index contributed by atoms with van der Waals surface area (Å²) in [6.45, 7) is 2.21. The molecule has 0 aromatic heterocycles. The Hall–Kier alpha value is -0.325. The van der Waals surface area contributed by atoms with Crippen molar-refractivity contribution in [3.8, 4) is 0 Å². The molecule has 0 saturated carbocycles. The molecule has 1 aliphatic carbocycles. The average molecular weight is 174 g/mol. The minimum Gasteiger partial charge on any atom is -0.0881 e. The first-order valence-electron chi connectivity index (χ1n) is 5.73. The van der Waals surface area contributed by atoms with Crippen LogP contribution in [0.3, 0.4) is 0 Å². The molecule has 0 saturated heterocycles. The number of rotatable bonds is 2. The summed E-state index contributed by atoms with van der Waals surface area (Å²) >= 11 is 0. The van der Waals surface area contributed by atoms with Crippen molar-refractivity contribution in [2.45, 2.75) is 38.9 Å². The second-order valence-corrected chi connectivity index (χ2v) is 3.49. The monoisotopic (exact) mass is 174 g/mol. The molecule has 0 spiro atoms. The van der Waals surface area contributed by atoms with Gasteiger partial charge in [0.2, 0.25) is 0 Å². The van der Waals surface area contributed by atoms with E-state index in [0.717, 1.165) is 0 Å². The van der Waals surface area contributed by atoms with E-state index in [-0.39, 0.29) is 0 Å². The van der Waals surface area contributed by atoms with Gasteiger partial charge in [-0.15, -0.1) is 0 Å². The zero-order valence-electron chi connectivity index (χ0n) is 9.26. The van der Waals surface area contributed by atoms with E-state index in [4.69, 9.17) is 0 Å². The lowest BCUT2D eigenvalue weighted by Gasteiger charge is -1.94. The van der Waals surface area contributed by atoms with Crippen LogP contribution in [0.4, 0.5) is 0 Å². The van der Waals surface area contributed by atoms with Crippen LogP contribution in [0.25, 0.3) is 0 Å². The predicted octanol–water partition coefficient (Wildman–Crippen LogP) is 1.43. The van der Waals surface area contributed by atoms with Gasteiger partial charge in [-0.05, 0) is 25.7 Å². The van der Waals surface area contributed by atoms with Gasteiger partial charge in [0.15, 0.2) is 0 Å². The third kappa shape index (κ3) is 11.7. The lowest BCUT2D eigenvalue weighted by molar-refractivity contribution is 0.758. The quantitative estimate of drug-likeness (QED) is 0.555. The summed E-state index contributed by atoms with van der Waals surface area (Å²) in [6.07, 6.45) is 15.3. The summed E-state index contributed by atoms with van der Waals surface area (Å²) in [7, 11) is 4.94. The van der Waals surface area contributed by atoms with E-state index in [9.17, 15) is 0 Å². The van der Waals surface area contributed by atoms with Crippen LogP contribution in [-0.2, 0) is 0 Å². The Morgan fingerprint density at radius 1 is 1.15 bits per heavy atom. The molecule has 1 rings (SSSR count). The highest BCUT2D eigenvalue weighted by Crippen LogP contribution is 2.04. The van der Waals surface area contributed by atoms with Gasteiger partial charge < -0.3 is 0 Å². The lowest BCUT2D eigenvalue weighted by Crippen LogP contribution is -1.98.